The molecular weight excluding hydrogens is 638 g/mol. The van der Waals surface area contributed by atoms with Gasteiger partial charge in [0, 0.05) is 30.1 Å². The second-order valence-electron chi connectivity index (χ2n) is 13.7. The number of hydrogen-bond donors (Lipinski definition) is 5. The van der Waals surface area contributed by atoms with Crippen LogP contribution in [0.15, 0.2) is 66.7 Å². The molecule has 0 unspecified atom stereocenters. The number of carbonyl (C=O) groups excluding carboxylic acids is 3. The van der Waals surface area contributed by atoms with Crippen molar-refractivity contribution in [3.63, 3.8) is 0 Å². The Hall–Kier alpha value is -5.59. The molecule has 1 heterocycles. The van der Waals surface area contributed by atoms with Crippen molar-refractivity contribution in [1.82, 2.24) is 31.3 Å². The maximum atomic E-state index is 13.8. The van der Waals surface area contributed by atoms with Gasteiger partial charge in [0.25, 0.3) is 0 Å². The van der Waals surface area contributed by atoms with Gasteiger partial charge in [-0.3, -0.25) is 9.59 Å². The summed E-state index contributed by atoms with van der Waals surface area (Å²) in [6.07, 6.45) is 2.54. The second kappa shape index (κ2) is 15.7. The van der Waals surface area contributed by atoms with Crippen molar-refractivity contribution >= 4 is 29.6 Å². The highest BCUT2D eigenvalue weighted by molar-refractivity contribution is 5.98. The Kier molecular flexibility index (Phi) is 11.2. The van der Waals surface area contributed by atoms with E-state index in [9.17, 15) is 24.3 Å². The number of nitrogens with one attached hydrogen (secondary N) is 4. The molecule has 5 N–H and O–H groups in total. The predicted octanol–water partition coefficient (Wildman–Crippen LogP) is 5.54. The molecule has 13 heteroatoms. The topological polar surface area (TPSA) is 188 Å². The summed E-state index contributed by atoms with van der Waals surface area (Å²) >= 11 is 0. The third kappa shape index (κ3) is 9.74. The van der Waals surface area contributed by atoms with E-state index in [-0.39, 0.29) is 35.6 Å². The van der Waals surface area contributed by atoms with Gasteiger partial charge in [-0.2, -0.15) is 0 Å². The summed E-state index contributed by atoms with van der Waals surface area (Å²) < 4.78 is 5.34. The van der Waals surface area contributed by atoms with Crippen molar-refractivity contribution in [2.24, 2.45) is 11.8 Å². The summed E-state index contributed by atoms with van der Waals surface area (Å²) in [6.45, 7) is 7.84. The quantitative estimate of drug-likeness (QED) is 0.135. The molecule has 0 radical (unpaired) electrons. The third-order valence-electron chi connectivity index (χ3n) is 8.72. The van der Waals surface area contributed by atoms with Crippen LogP contribution < -0.4 is 16.0 Å². The molecule has 1 aliphatic rings. The highest BCUT2D eigenvalue weighted by Gasteiger charge is 2.30. The number of rotatable bonds is 11. The summed E-state index contributed by atoms with van der Waals surface area (Å²) in [6, 6.07) is 18.7. The van der Waals surface area contributed by atoms with Crippen LogP contribution in [-0.2, 0) is 20.7 Å². The molecule has 1 aromatic heterocycles. The van der Waals surface area contributed by atoms with Gasteiger partial charge in [-0.15, -0.1) is 5.10 Å². The maximum absolute atomic E-state index is 13.8. The lowest BCUT2D eigenvalue weighted by Gasteiger charge is -2.29. The molecule has 4 aromatic rings. The van der Waals surface area contributed by atoms with Gasteiger partial charge in [0.2, 0.25) is 11.8 Å². The Morgan fingerprint density at radius 2 is 1.70 bits per heavy atom. The average Bonchev–Trinajstić information content (AvgIpc) is 3.62. The molecule has 0 spiro atoms. The number of carboxylic acids is 1. The SMILES string of the molecule is Cc1ccc(C(=O)O)cc1-c1cccc(C[C@H](NC(=O)[C@H]2CC[C@H](CNC(=O)OC(C)(C)C)CC2)C(=O)Nc2ccc(-c3nnn[nH]3)cc2)c1. The van der Waals surface area contributed by atoms with E-state index in [1.165, 1.54) is 0 Å². The molecule has 3 amide bonds. The first kappa shape index (κ1) is 35.7. The number of aryl methyl sites for hydroxylation is 1. The number of amides is 3. The average molecular weight is 682 g/mol. The molecule has 1 fully saturated rings. The molecule has 50 heavy (non-hydrogen) atoms. The van der Waals surface area contributed by atoms with E-state index in [4.69, 9.17) is 4.74 Å². The van der Waals surface area contributed by atoms with Gasteiger partial charge >= 0.3 is 12.1 Å². The Balaban J connectivity index is 1.29. The van der Waals surface area contributed by atoms with Gasteiger partial charge < -0.3 is 25.8 Å². The van der Waals surface area contributed by atoms with E-state index in [0.717, 1.165) is 40.7 Å². The minimum Gasteiger partial charge on any atom is -0.478 e. The number of nitrogens with zero attached hydrogens (tertiary/aromatic N) is 3. The summed E-state index contributed by atoms with van der Waals surface area (Å²) in [4.78, 5) is 51.2. The lowest BCUT2D eigenvalue weighted by atomic mass is 9.81. The lowest BCUT2D eigenvalue weighted by molar-refractivity contribution is -0.130. The number of hydrogen-bond acceptors (Lipinski definition) is 8. The molecule has 3 aromatic carbocycles. The number of carboxylic acid groups (broad SMARTS) is 1. The van der Waals surface area contributed by atoms with Crippen LogP contribution in [0.3, 0.4) is 0 Å². The number of carbonyl (C=O) groups is 4. The number of tetrazole rings is 1. The monoisotopic (exact) mass is 681 g/mol. The largest absolute Gasteiger partial charge is 0.478 e. The fraction of sp³-hybridized carbons (Fsp3) is 0.378. The van der Waals surface area contributed by atoms with Gasteiger partial charge in [-0.1, -0.05) is 30.3 Å². The number of aromatic carboxylic acids is 1. The molecule has 5 rings (SSSR count). The fourth-order valence-electron chi connectivity index (χ4n) is 6.06. The Morgan fingerprint density at radius 3 is 2.36 bits per heavy atom. The van der Waals surface area contributed by atoms with E-state index in [0.29, 0.717) is 30.9 Å². The number of ether oxygens (including phenoxy) is 1. The molecule has 262 valence electrons. The minimum absolute atomic E-state index is 0.182. The van der Waals surface area contributed by atoms with E-state index in [2.05, 4.69) is 36.6 Å². The number of aromatic nitrogens is 4. The van der Waals surface area contributed by atoms with Crippen molar-refractivity contribution in [2.75, 3.05) is 11.9 Å². The summed E-state index contributed by atoms with van der Waals surface area (Å²) in [5.41, 5.74) is 4.19. The van der Waals surface area contributed by atoms with Gasteiger partial charge in [0.05, 0.1) is 5.56 Å². The molecule has 0 aliphatic heterocycles. The summed E-state index contributed by atoms with van der Waals surface area (Å²) in [7, 11) is 0. The first-order valence-corrected chi connectivity index (χ1v) is 16.7. The van der Waals surface area contributed by atoms with Gasteiger partial charge in [0.1, 0.15) is 11.6 Å². The van der Waals surface area contributed by atoms with E-state index < -0.39 is 23.7 Å². The number of benzene rings is 3. The number of anilines is 1. The third-order valence-corrected chi connectivity index (χ3v) is 8.72. The zero-order chi connectivity index (χ0) is 35.8. The van der Waals surface area contributed by atoms with Gasteiger partial charge in [0.15, 0.2) is 5.82 Å². The van der Waals surface area contributed by atoms with E-state index in [1.54, 1.807) is 42.5 Å². The fourth-order valence-corrected chi connectivity index (χ4v) is 6.06. The van der Waals surface area contributed by atoms with Crippen LogP contribution in [0.4, 0.5) is 10.5 Å². The van der Waals surface area contributed by atoms with Gasteiger partial charge in [-0.05, 0) is 128 Å². The summed E-state index contributed by atoms with van der Waals surface area (Å²) in [5.74, 6) is -1.14. The number of alkyl carbamates (subject to hydrolysis) is 1. The molecule has 0 saturated heterocycles. The Bertz CT molecular complexity index is 1810. The Morgan fingerprint density at radius 1 is 0.960 bits per heavy atom. The Labute approximate surface area is 290 Å². The zero-order valence-electron chi connectivity index (χ0n) is 28.7. The molecule has 13 nitrogen and oxygen atoms in total. The highest BCUT2D eigenvalue weighted by atomic mass is 16.6. The van der Waals surface area contributed by atoms with Crippen molar-refractivity contribution in [3.8, 4) is 22.5 Å². The van der Waals surface area contributed by atoms with Crippen molar-refractivity contribution < 1.29 is 29.0 Å². The number of aromatic amines is 1. The number of H-pyrrole nitrogens is 1. The van der Waals surface area contributed by atoms with Crippen molar-refractivity contribution in [2.45, 2.75) is 71.4 Å². The zero-order valence-corrected chi connectivity index (χ0v) is 28.7. The maximum Gasteiger partial charge on any atom is 0.407 e. The molecule has 1 aliphatic carbocycles. The minimum atomic E-state index is -1.01. The molecule has 1 atom stereocenters. The van der Waals surface area contributed by atoms with Crippen molar-refractivity contribution in [3.05, 3.63) is 83.4 Å². The molecule has 1 saturated carbocycles. The molecule has 0 bridgehead atoms. The van der Waals surface area contributed by atoms with Crippen LogP contribution in [0.2, 0.25) is 0 Å². The lowest BCUT2D eigenvalue weighted by Crippen LogP contribution is -2.48. The van der Waals surface area contributed by atoms with Crippen LogP contribution in [0.25, 0.3) is 22.5 Å². The van der Waals surface area contributed by atoms with Crippen molar-refractivity contribution in [1.29, 1.82) is 0 Å². The van der Waals surface area contributed by atoms with Crippen LogP contribution in [0, 0.1) is 18.8 Å². The van der Waals surface area contributed by atoms with Crippen LogP contribution in [0.5, 0.6) is 0 Å². The smallest absolute Gasteiger partial charge is 0.407 e. The van der Waals surface area contributed by atoms with Crippen LogP contribution in [-0.4, -0.2) is 67.8 Å². The predicted molar refractivity (Wildman–Crippen MR) is 187 cm³/mol. The van der Waals surface area contributed by atoms with Crippen LogP contribution >= 0.6 is 0 Å². The van der Waals surface area contributed by atoms with Gasteiger partial charge in [-0.25, -0.2) is 14.7 Å². The first-order chi connectivity index (χ1) is 23.8. The first-order valence-electron chi connectivity index (χ1n) is 16.7. The normalized spacial score (nSPS) is 16.6. The second-order valence-corrected chi connectivity index (χ2v) is 13.7. The summed E-state index contributed by atoms with van der Waals surface area (Å²) in [5, 5.41) is 32.1. The van der Waals surface area contributed by atoms with E-state index in [1.807, 2.05) is 52.0 Å². The molecular formula is C37H43N7O6. The highest BCUT2D eigenvalue weighted by Crippen LogP contribution is 2.30. The van der Waals surface area contributed by atoms with E-state index >= 15 is 0 Å². The van der Waals surface area contributed by atoms with Crippen LogP contribution in [0.1, 0.15) is 67.9 Å². The standard InChI is InChI=1S/C37H43N7O6/c1-22-8-11-28(35(47)48)20-30(22)27-7-5-6-24(18-27)19-31(34(46)39-29-16-14-25(15-17-29)32-41-43-44-42-32)40-33(45)26-12-9-23(10-13-26)21-38-36(49)50-37(2,3)4/h5-8,11,14-18,20,23,26,31H,9-10,12-13,19,21H2,1-4H3,(H,38,49)(H,39,46)(H,40,45)(H,47,48)(H,41,42,43,44)/t23-,26-,31-/m0/s1.